The van der Waals surface area contributed by atoms with Crippen molar-refractivity contribution in [3.05, 3.63) is 73.8 Å². The van der Waals surface area contributed by atoms with Crippen LogP contribution < -0.4 is 0 Å². The molecule has 0 bridgehead atoms. The normalized spacial score (nSPS) is 22.4. The van der Waals surface area contributed by atoms with Crippen molar-refractivity contribution in [2.24, 2.45) is 0 Å². The quantitative estimate of drug-likeness (QED) is 0.0763. The van der Waals surface area contributed by atoms with E-state index in [1.54, 1.807) is 131 Å². The molecule has 0 heterocycles. The van der Waals surface area contributed by atoms with Gasteiger partial charge in [-0.2, -0.15) is 0 Å². The van der Waals surface area contributed by atoms with Crippen LogP contribution in [0.1, 0.15) is 40.7 Å². The number of allylic oxidation sites excluding steroid dienone is 1. The number of carbonyl (C=O) groups is 1. The number of nitro benzene ring substituents is 1. The van der Waals surface area contributed by atoms with E-state index < -0.39 is 16.7 Å². The lowest BCUT2D eigenvalue weighted by molar-refractivity contribution is -0.384. The first kappa shape index (κ1) is 30.0. The molecule has 0 aromatic heterocycles. The van der Waals surface area contributed by atoms with Crippen molar-refractivity contribution in [1.82, 2.24) is 0 Å². The van der Waals surface area contributed by atoms with Crippen molar-refractivity contribution < 1.29 is 14.5 Å². The van der Waals surface area contributed by atoms with Crippen molar-refractivity contribution in [3.63, 3.8) is 0 Å². The molecule has 77 heavy (non-hydrogen) atoms. The third-order valence-corrected chi connectivity index (χ3v) is 26.5. The van der Waals surface area contributed by atoms with Crippen LogP contribution in [0.4, 0.5) is 5.69 Å². The maximum Gasteiger partial charge on any atom is 0.334 e. The van der Waals surface area contributed by atoms with Crippen molar-refractivity contribution in [1.29, 1.82) is 0 Å². The Bertz CT molecular complexity index is 7610. The average Bonchev–Trinajstić information content (AvgIpc) is 1.68. The highest BCUT2D eigenvalue weighted by Gasteiger charge is 2.75. The minimum absolute atomic E-state index is 0.0708. The van der Waals surface area contributed by atoms with Crippen LogP contribution in [0, 0.1) is 10.1 Å². The SMILES string of the molecule is CCOC(=O)C1=CC23c4c5c6c7c8c9c(c%10c%11c2c2c4c4c%12c5c5c6c6c8c8c%13c9c9c%10c%10c%11c%11c2c2c4c4c%12c%12c5c5c6c8c6c8c%13c9c9c%10c%10c%11c2c2c4c4c%12c5c6c5c8c9c%10c2c45)C73C1c1ccc([N+](=O)[O-])cc1. The highest BCUT2D eigenvalue weighted by Crippen LogP contribution is 2.87. The Labute approximate surface area is 418 Å². The Balaban J connectivity index is 1.10. The maximum absolute atomic E-state index is 15.9. The van der Waals surface area contributed by atoms with Gasteiger partial charge in [0.15, 0.2) is 0 Å². The van der Waals surface area contributed by atoms with Crippen molar-refractivity contribution in [2.75, 3.05) is 6.61 Å². The molecule has 0 N–H and O–H groups in total. The highest BCUT2D eigenvalue weighted by atomic mass is 16.6. The summed E-state index contributed by atoms with van der Waals surface area (Å²) in [5.41, 5.74) is 5.97. The zero-order chi connectivity index (χ0) is 46.9. The molecule has 5 heteroatoms. The van der Waals surface area contributed by atoms with Crippen LogP contribution in [-0.2, 0) is 20.4 Å². The first-order valence-corrected chi connectivity index (χ1v) is 28.0. The summed E-state index contributed by atoms with van der Waals surface area (Å²) in [6.07, 6.45) is 2.55. The molecule has 0 aliphatic heterocycles. The van der Waals surface area contributed by atoms with E-state index in [-0.39, 0.29) is 23.2 Å². The number of esters is 1. The average molecular weight is 954 g/mol. The van der Waals surface area contributed by atoms with E-state index in [0.717, 1.165) is 11.1 Å². The first-order valence-electron chi connectivity index (χ1n) is 28.0. The molecule has 1 atom stereocenters. The Hall–Kier alpha value is -9.71. The van der Waals surface area contributed by atoms with Gasteiger partial charge in [-0.1, -0.05) is 18.2 Å². The van der Waals surface area contributed by atoms with Crippen LogP contribution in [-0.4, -0.2) is 17.5 Å². The van der Waals surface area contributed by atoms with E-state index in [9.17, 15) is 10.1 Å². The van der Waals surface area contributed by atoms with Gasteiger partial charge in [0.2, 0.25) is 0 Å². The number of benzene rings is 19. The smallest absolute Gasteiger partial charge is 0.334 e. The van der Waals surface area contributed by atoms with Gasteiger partial charge in [0, 0.05) is 23.6 Å². The van der Waals surface area contributed by atoms with E-state index in [4.69, 9.17) is 4.74 Å². The van der Waals surface area contributed by atoms with Crippen molar-refractivity contribution in [3.8, 4) is 0 Å². The van der Waals surface area contributed by atoms with Gasteiger partial charge in [-0.05, 0) is 326 Å². The zero-order valence-corrected chi connectivity index (χ0v) is 39.3. The van der Waals surface area contributed by atoms with E-state index >= 15 is 4.79 Å². The van der Waals surface area contributed by atoms with Crippen LogP contribution >= 0.6 is 0 Å². The van der Waals surface area contributed by atoms with Gasteiger partial charge in [-0.3, -0.25) is 10.1 Å². The summed E-state index contributed by atoms with van der Waals surface area (Å²) in [7, 11) is 0. The van der Waals surface area contributed by atoms with E-state index in [1.807, 2.05) is 19.1 Å². The molecule has 5 aliphatic rings. The molecule has 29 aromatic rings. The fourth-order valence-electron chi connectivity index (χ4n) is 26.3. The lowest BCUT2D eigenvalue weighted by Gasteiger charge is -2.53. The van der Waals surface area contributed by atoms with Gasteiger partial charge in [-0.15, -0.1) is 0 Å². The zero-order valence-electron chi connectivity index (χ0n) is 39.3. The van der Waals surface area contributed by atoms with E-state index in [1.165, 1.54) is 195 Å². The van der Waals surface area contributed by atoms with Crippen LogP contribution in [0.5, 0.6) is 0 Å². The molecule has 328 valence electrons. The predicted octanol–water partition coefficient (Wildman–Crippen LogP) is 18.5. The van der Waals surface area contributed by atoms with Gasteiger partial charge < -0.3 is 4.74 Å². The Kier molecular flexibility index (Phi) is 2.72. The van der Waals surface area contributed by atoms with Crippen LogP contribution in [0.15, 0.2) is 35.9 Å². The summed E-state index contributed by atoms with van der Waals surface area (Å²) < 4.78 is 6.43. The molecule has 0 saturated carbocycles. The molecule has 1 unspecified atom stereocenters. The lowest BCUT2D eigenvalue weighted by Crippen LogP contribution is -2.51. The minimum Gasteiger partial charge on any atom is -0.463 e. The highest BCUT2D eigenvalue weighted by molar-refractivity contribution is 6.82. The molecule has 0 fully saturated rings. The molecular weight excluding hydrogens is 943 g/mol. The van der Waals surface area contributed by atoms with Crippen LogP contribution in [0.3, 0.4) is 0 Å². The fourth-order valence-corrected chi connectivity index (χ4v) is 26.3. The van der Waals surface area contributed by atoms with Gasteiger partial charge >= 0.3 is 5.97 Å². The largest absolute Gasteiger partial charge is 0.463 e. The summed E-state index contributed by atoms with van der Waals surface area (Å²) in [6, 6.07) is 7.49. The summed E-state index contributed by atoms with van der Waals surface area (Å²) >= 11 is 0. The number of nitrogens with zero attached hydrogens (tertiary/aromatic N) is 1. The third kappa shape index (κ3) is 1.68. The lowest BCUT2D eigenvalue weighted by atomic mass is 9.47. The predicted molar refractivity (Wildman–Crippen MR) is 314 cm³/mol. The van der Waals surface area contributed by atoms with Crippen molar-refractivity contribution in [2.45, 2.75) is 23.7 Å². The third-order valence-electron chi connectivity index (χ3n) is 26.5. The molecule has 0 radical (unpaired) electrons. The van der Waals surface area contributed by atoms with Crippen LogP contribution in [0.25, 0.3) is 291 Å². The second-order valence-electron chi connectivity index (χ2n) is 27.0. The molecular formula is C72H11NO4. The standard InChI is InChI=1S/C72H11NO4/c1-2-77-70(74)10-7-71-66-57-49-39-29-21-13-11-12-15-19-17(13)25-33-27(19)37-31-23(15)24-16(12)20-18-14(11)22(21)30-36-26(18)34-28(20)38-32(24)42-41(31)53-47(37)55-45(33)51(43(49)35(25)29)59(66)61(55)68-63(53)64-54(42)48(38)56-46(34)52-44(36)50(40(30)39)58(57)67(71)60(52)62(56)69(64)72(68,71)65(10)8-3-5-9(6-4-8)73(75)76/h3-7,65H,2H2,1H3. The molecule has 0 amide bonds. The number of hydrogen-bond donors (Lipinski definition) is 0. The number of nitro groups is 1. The number of rotatable bonds is 4. The molecule has 29 aromatic carbocycles. The Morgan fingerprint density at radius 2 is 0.597 bits per heavy atom. The molecule has 5 aliphatic carbocycles. The monoisotopic (exact) mass is 953 g/mol. The summed E-state index contributed by atoms with van der Waals surface area (Å²) in [6.45, 7) is 2.21. The minimum atomic E-state index is -0.809. The Morgan fingerprint density at radius 1 is 0.377 bits per heavy atom. The van der Waals surface area contributed by atoms with E-state index in [0.29, 0.717) is 0 Å². The maximum atomic E-state index is 15.9. The number of hydrogen-bond acceptors (Lipinski definition) is 4. The fraction of sp³-hybridized carbons (Fsp3) is 0.0694. The molecule has 0 saturated heterocycles. The second-order valence-corrected chi connectivity index (χ2v) is 27.0. The topological polar surface area (TPSA) is 69.4 Å². The summed E-state index contributed by atoms with van der Waals surface area (Å²) in [5.74, 6) is -0.745. The second kappa shape index (κ2) is 6.97. The molecule has 5 nitrogen and oxygen atoms in total. The summed E-state index contributed by atoms with van der Waals surface area (Å²) in [5, 5.41) is 95.0. The van der Waals surface area contributed by atoms with Gasteiger partial charge in [-0.25, -0.2) is 4.79 Å². The first-order chi connectivity index (χ1) is 38.1. The van der Waals surface area contributed by atoms with Crippen LogP contribution in [0.2, 0.25) is 0 Å². The van der Waals surface area contributed by atoms with Gasteiger partial charge in [0.1, 0.15) is 0 Å². The van der Waals surface area contributed by atoms with Gasteiger partial charge in [0.25, 0.3) is 5.69 Å². The van der Waals surface area contributed by atoms with E-state index in [2.05, 4.69) is 6.08 Å². The number of carbonyl (C=O) groups excluding carboxylic acids is 1. The van der Waals surface area contributed by atoms with Crippen molar-refractivity contribution >= 4 is 303 Å². The molecule has 2 spiro atoms. The molecule has 34 rings (SSSR count). The number of ether oxygens (including phenoxy) is 1. The Morgan fingerprint density at radius 3 is 0.818 bits per heavy atom. The summed E-state index contributed by atoms with van der Waals surface area (Å²) in [4.78, 5) is 28.2. The number of non-ortho nitro benzene ring substituents is 1. The van der Waals surface area contributed by atoms with Gasteiger partial charge in [0.05, 0.1) is 22.4 Å².